The van der Waals surface area contributed by atoms with Gasteiger partial charge in [0.25, 0.3) is 5.91 Å². The third-order valence-corrected chi connectivity index (χ3v) is 7.66. The molecular formula is C33H35F3N8O2. The molecule has 3 heterocycles. The molecule has 13 heteroatoms. The number of aromatic nitrogens is 3. The minimum Gasteiger partial charge on any atom is -0.438 e. The second-order valence-corrected chi connectivity index (χ2v) is 11.0. The first-order chi connectivity index (χ1) is 22.0. The summed E-state index contributed by atoms with van der Waals surface area (Å²) in [6.45, 7) is 4.87. The van der Waals surface area contributed by atoms with Crippen LogP contribution in [-0.4, -0.2) is 84.2 Å². The number of benzene rings is 2. The zero-order chi connectivity index (χ0) is 32.8. The van der Waals surface area contributed by atoms with Crippen LogP contribution in [0.3, 0.4) is 0 Å². The van der Waals surface area contributed by atoms with Gasteiger partial charge in [-0.1, -0.05) is 12.1 Å². The van der Waals surface area contributed by atoms with Gasteiger partial charge in [-0.25, -0.2) is 4.98 Å². The Kier molecular flexibility index (Phi) is 9.93. The summed E-state index contributed by atoms with van der Waals surface area (Å²) in [5.74, 6) is 0.720. The third-order valence-electron chi connectivity index (χ3n) is 7.66. The summed E-state index contributed by atoms with van der Waals surface area (Å²) in [7, 11) is 5.32. The Balaban J connectivity index is 1.41. The molecule has 2 aromatic carbocycles. The lowest BCUT2D eigenvalue weighted by molar-refractivity contribution is -0.138. The van der Waals surface area contributed by atoms with E-state index in [2.05, 4.69) is 35.5 Å². The Morgan fingerprint density at radius 2 is 1.87 bits per heavy atom. The van der Waals surface area contributed by atoms with Gasteiger partial charge in [-0.05, 0) is 55.4 Å². The normalized spacial score (nSPS) is 14.4. The number of rotatable bonds is 9. The van der Waals surface area contributed by atoms with Crippen LogP contribution in [0.25, 0.3) is 11.4 Å². The highest BCUT2D eigenvalue weighted by molar-refractivity contribution is 6.05. The number of carbonyl (C=O) groups is 1. The molecule has 0 aliphatic carbocycles. The molecule has 0 unspecified atom stereocenters. The van der Waals surface area contributed by atoms with Crippen LogP contribution in [0, 0.1) is 6.92 Å². The van der Waals surface area contributed by atoms with E-state index in [-0.39, 0.29) is 23.6 Å². The number of alkyl halides is 3. The molecule has 1 fully saturated rings. The Morgan fingerprint density at radius 1 is 1.09 bits per heavy atom. The maximum Gasteiger partial charge on any atom is 0.416 e. The van der Waals surface area contributed by atoms with Gasteiger partial charge in [0.1, 0.15) is 11.6 Å². The highest BCUT2D eigenvalue weighted by atomic mass is 19.4. The number of ether oxygens (including phenoxy) is 1. The first-order valence-electron chi connectivity index (χ1n) is 14.7. The number of amides is 1. The summed E-state index contributed by atoms with van der Waals surface area (Å²) in [4.78, 5) is 34.9. The van der Waals surface area contributed by atoms with Crippen LogP contribution >= 0.6 is 0 Å². The summed E-state index contributed by atoms with van der Waals surface area (Å²) in [5, 5.41) is 5.80. The van der Waals surface area contributed by atoms with Crippen molar-refractivity contribution in [2.45, 2.75) is 19.6 Å². The van der Waals surface area contributed by atoms with Gasteiger partial charge in [-0.15, -0.1) is 0 Å². The number of halogens is 3. The van der Waals surface area contributed by atoms with Crippen LogP contribution in [0.5, 0.6) is 11.6 Å². The zero-order valence-corrected chi connectivity index (χ0v) is 26.0. The molecule has 4 aromatic rings. The number of pyridine rings is 1. The molecule has 1 amide bonds. The predicted octanol–water partition coefficient (Wildman–Crippen LogP) is 5.75. The van der Waals surface area contributed by atoms with E-state index >= 15 is 0 Å². The van der Waals surface area contributed by atoms with Crippen molar-refractivity contribution in [3.05, 3.63) is 88.7 Å². The third kappa shape index (κ3) is 7.66. The predicted molar refractivity (Wildman–Crippen MR) is 172 cm³/mol. The zero-order valence-electron chi connectivity index (χ0n) is 26.0. The SMILES string of the molecule is CN=Cc1c(NC)nc(-c2cccnc2)nc1Oc1ccc(C)c(NC(=O)c2ccc(CN3CCN(C)CC3)c(C(F)(F)F)c2)c1. The van der Waals surface area contributed by atoms with E-state index in [1.54, 1.807) is 63.9 Å². The van der Waals surface area contributed by atoms with Gasteiger partial charge in [-0.3, -0.25) is 19.7 Å². The molecule has 1 saturated heterocycles. The van der Waals surface area contributed by atoms with Crippen molar-refractivity contribution in [2.24, 2.45) is 4.99 Å². The van der Waals surface area contributed by atoms with Gasteiger partial charge in [0.15, 0.2) is 5.82 Å². The van der Waals surface area contributed by atoms with Crippen LogP contribution in [0.15, 0.2) is 65.9 Å². The molecule has 0 radical (unpaired) electrons. The quantitative estimate of drug-likeness (QED) is 0.225. The lowest BCUT2D eigenvalue weighted by Crippen LogP contribution is -2.44. The maximum absolute atomic E-state index is 14.1. The second kappa shape index (κ2) is 14.0. The topological polar surface area (TPSA) is 108 Å². The van der Waals surface area contributed by atoms with Crippen LogP contribution in [-0.2, 0) is 12.7 Å². The average molecular weight is 633 g/mol. The van der Waals surface area contributed by atoms with Crippen molar-refractivity contribution < 1.29 is 22.7 Å². The summed E-state index contributed by atoms with van der Waals surface area (Å²) in [6.07, 6.45) is 0.234. The van der Waals surface area contributed by atoms with Gasteiger partial charge >= 0.3 is 6.18 Å². The van der Waals surface area contributed by atoms with Crippen LogP contribution < -0.4 is 15.4 Å². The lowest BCUT2D eigenvalue weighted by Gasteiger charge is -2.33. The first-order valence-corrected chi connectivity index (χ1v) is 14.7. The molecule has 0 atom stereocenters. The second-order valence-electron chi connectivity index (χ2n) is 11.0. The fourth-order valence-electron chi connectivity index (χ4n) is 5.06. The molecule has 2 aromatic heterocycles. The number of aliphatic imine (C=N–C) groups is 1. The van der Waals surface area contributed by atoms with E-state index in [4.69, 9.17) is 4.74 Å². The molecule has 0 bridgehead atoms. The van der Waals surface area contributed by atoms with Gasteiger partial charge in [0, 0.05) is 88.3 Å². The van der Waals surface area contributed by atoms with Crippen molar-refractivity contribution in [1.82, 2.24) is 24.8 Å². The molecule has 2 N–H and O–H groups in total. The van der Waals surface area contributed by atoms with E-state index in [9.17, 15) is 18.0 Å². The summed E-state index contributed by atoms with van der Waals surface area (Å²) >= 11 is 0. The van der Waals surface area contributed by atoms with Crippen LogP contribution in [0.2, 0.25) is 0 Å². The molecule has 0 saturated carbocycles. The number of hydrogen-bond acceptors (Lipinski definition) is 9. The van der Waals surface area contributed by atoms with E-state index in [1.807, 2.05) is 18.0 Å². The van der Waals surface area contributed by atoms with Gasteiger partial charge < -0.3 is 20.3 Å². The van der Waals surface area contributed by atoms with Crippen molar-refractivity contribution in [3.8, 4) is 23.0 Å². The Morgan fingerprint density at radius 3 is 2.54 bits per heavy atom. The van der Waals surface area contributed by atoms with Crippen molar-refractivity contribution in [1.29, 1.82) is 0 Å². The smallest absolute Gasteiger partial charge is 0.416 e. The molecule has 0 spiro atoms. The summed E-state index contributed by atoms with van der Waals surface area (Å²) < 4.78 is 48.6. The van der Waals surface area contributed by atoms with E-state index in [1.165, 1.54) is 12.1 Å². The Labute approximate surface area is 265 Å². The molecule has 240 valence electrons. The minimum atomic E-state index is -4.61. The molecule has 1 aliphatic heterocycles. The summed E-state index contributed by atoms with van der Waals surface area (Å²) in [5.41, 5.74) is 1.47. The first kappa shape index (κ1) is 32.5. The molecule has 1 aliphatic rings. The van der Waals surface area contributed by atoms with Crippen molar-refractivity contribution in [2.75, 3.05) is 58.0 Å². The van der Waals surface area contributed by atoms with Gasteiger partial charge in [0.05, 0.1) is 11.1 Å². The number of likely N-dealkylation sites (N-methyl/N-ethyl adjacent to an activating group) is 1. The average Bonchev–Trinajstić information content (AvgIpc) is 3.04. The monoisotopic (exact) mass is 632 g/mol. The maximum atomic E-state index is 14.1. The van der Waals surface area contributed by atoms with Crippen molar-refractivity contribution in [3.63, 3.8) is 0 Å². The number of anilines is 2. The number of hydrogen-bond donors (Lipinski definition) is 2. The van der Waals surface area contributed by atoms with Gasteiger partial charge in [-0.2, -0.15) is 18.2 Å². The number of aryl methyl sites for hydroxylation is 1. The molecule has 10 nitrogen and oxygen atoms in total. The minimum absolute atomic E-state index is 0.0998. The number of carbonyl (C=O) groups excluding carboxylic acids is 1. The fourth-order valence-corrected chi connectivity index (χ4v) is 5.06. The molecule has 5 rings (SSSR count). The van der Waals surface area contributed by atoms with E-state index in [0.29, 0.717) is 52.9 Å². The molecular weight excluding hydrogens is 597 g/mol. The highest BCUT2D eigenvalue weighted by Gasteiger charge is 2.34. The fraction of sp³-hybridized carbons (Fsp3) is 0.303. The van der Waals surface area contributed by atoms with Crippen molar-refractivity contribution >= 4 is 23.6 Å². The van der Waals surface area contributed by atoms with Crippen LogP contribution in [0.1, 0.15) is 32.6 Å². The summed E-state index contributed by atoms with van der Waals surface area (Å²) in [6, 6.07) is 12.4. The highest BCUT2D eigenvalue weighted by Crippen LogP contribution is 2.35. The van der Waals surface area contributed by atoms with Crippen LogP contribution in [0.4, 0.5) is 24.7 Å². The van der Waals surface area contributed by atoms with E-state index < -0.39 is 17.6 Å². The number of nitrogens with zero attached hydrogens (tertiary/aromatic N) is 6. The number of nitrogens with one attached hydrogen (secondary N) is 2. The Hall–Kier alpha value is -4.88. The lowest BCUT2D eigenvalue weighted by atomic mass is 10.0. The Bertz CT molecular complexity index is 1720. The van der Waals surface area contributed by atoms with Gasteiger partial charge in [0.2, 0.25) is 5.88 Å². The van der Waals surface area contributed by atoms with E-state index in [0.717, 1.165) is 19.2 Å². The number of piperazine rings is 1. The standard InChI is InChI=1S/C33H35F3N8O2/c1-21-7-10-25(46-32-26(19-37-2)30(38-3)41-29(42-32)23-6-5-11-39-18-23)17-28(21)40-31(45)22-8-9-24(27(16-22)33(34,35)36)20-44-14-12-43(4)13-15-44/h5-11,16-19H,12-15,20H2,1-4H3,(H,40,45)(H,38,41,42). The largest absolute Gasteiger partial charge is 0.438 e. The molecule has 46 heavy (non-hydrogen) atoms.